The maximum atomic E-state index is 12.6. The fourth-order valence-corrected chi connectivity index (χ4v) is 4.12. The normalized spacial score (nSPS) is 20.6. The summed E-state index contributed by atoms with van der Waals surface area (Å²) in [5.74, 6) is 0.125. The number of hydrogen-bond donors (Lipinski definition) is 1. The van der Waals surface area contributed by atoms with Crippen LogP contribution in [0.5, 0.6) is 0 Å². The van der Waals surface area contributed by atoms with Gasteiger partial charge in [-0.05, 0) is 55.2 Å². The molecule has 1 fully saturated rings. The lowest BCUT2D eigenvalue weighted by atomic mass is 9.99. The maximum Gasteiger partial charge on any atom is 0.252 e. The monoisotopic (exact) mass is 420 g/mol. The number of nitrogens with one attached hydrogen (secondary N) is 1. The molecular formula is C21H22Cl2N2OS. The van der Waals surface area contributed by atoms with E-state index in [1.54, 1.807) is 24.3 Å². The summed E-state index contributed by atoms with van der Waals surface area (Å²) in [5, 5.41) is 4.38. The van der Waals surface area contributed by atoms with Crippen molar-refractivity contribution in [3.8, 4) is 0 Å². The predicted molar refractivity (Wildman–Crippen MR) is 116 cm³/mol. The SMILES string of the molecule is CC(CN1CCC(C)(NC(=O)c2cccc(Cl)c2)C1=S)c1cccc(Cl)c1. The highest BCUT2D eigenvalue weighted by molar-refractivity contribution is 7.80. The third-order valence-corrected chi connectivity index (χ3v) is 6.21. The standard InChI is InChI=1S/C21H22Cl2N2OS/c1-14(15-5-3-7-17(22)11-15)13-25-10-9-21(2,20(25)27)24-19(26)16-6-4-8-18(23)12-16/h3-8,11-12,14H,9-10,13H2,1-2H3,(H,24,26). The Balaban J connectivity index is 1.67. The van der Waals surface area contributed by atoms with Gasteiger partial charge in [-0.1, -0.05) is 60.5 Å². The molecule has 1 aliphatic rings. The van der Waals surface area contributed by atoms with Crippen LogP contribution >= 0.6 is 35.4 Å². The quantitative estimate of drug-likeness (QED) is 0.664. The topological polar surface area (TPSA) is 32.3 Å². The zero-order valence-corrected chi connectivity index (χ0v) is 17.7. The first-order chi connectivity index (χ1) is 12.8. The van der Waals surface area contributed by atoms with Crippen LogP contribution in [0.4, 0.5) is 0 Å². The molecule has 2 atom stereocenters. The molecule has 3 nitrogen and oxygen atoms in total. The van der Waals surface area contributed by atoms with E-state index in [9.17, 15) is 4.79 Å². The van der Waals surface area contributed by atoms with Gasteiger partial charge in [0.2, 0.25) is 0 Å². The molecule has 0 aliphatic carbocycles. The Labute approximate surface area is 175 Å². The Kier molecular flexibility index (Phi) is 6.09. The van der Waals surface area contributed by atoms with Crippen LogP contribution in [-0.2, 0) is 0 Å². The molecule has 1 N–H and O–H groups in total. The smallest absolute Gasteiger partial charge is 0.252 e. The van der Waals surface area contributed by atoms with Gasteiger partial charge in [-0.25, -0.2) is 0 Å². The average molecular weight is 421 g/mol. The zero-order chi connectivity index (χ0) is 19.6. The molecule has 0 saturated carbocycles. The van der Waals surface area contributed by atoms with Crippen LogP contribution in [0.25, 0.3) is 0 Å². The number of rotatable bonds is 5. The second-order valence-corrected chi connectivity index (χ2v) is 8.51. The van der Waals surface area contributed by atoms with E-state index in [0.29, 0.717) is 10.6 Å². The summed E-state index contributed by atoms with van der Waals surface area (Å²) in [4.78, 5) is 15.6. The van der Waals surface area contributed by atoms with Crippen molar-refractivity contribution < 1.29 is 4.79 Å². The highest BCUT2D eigenvalue weighted by atomic mass is 35.5. The van der Waals surface area contributed by atoms with Crippen molar-refractivity contribution in [1.29, 1.82) is 0 Å². The van der Waals surface area contributed by atoms with E-state index in [-0.39, 0.29) is 11.8 Å². The number of benzene rings is 2. The second kappa shape index (κ2) is 8.17. The van der Waals surface area contributed by atoms with Gasteiger partial charge in [0.15, 0.2) is 0 Å². The Hall–Kier alpha value is -1.62. The Morgan fingerprint density at radius 2 is 1.89 bits per heavy atom. The molecule has 1 heterocycles. The van der Waals surface area contributed by atoms with Crippen molar-refractivity contribution >= 4 is 46.3 Å². The molecule has 27 heavy (non-hydrogen) atoms. The van der Waals surface area contributed by atoms with Crippen molar-refractivity contribution in [2.75, 3.05) is 13.1 Å². The largest absolute Gasteiger partial charge is 0.364 e. The van der Waals surface area contributed by atoms with Crippen molar-refractivity contribution in [2.45, 2.75) is 31.7 Å². The van der Waals surface area contributed by atoms with Crippen molar-refractivity contribution in [2.24, 2.45) is 0 Å². The molecule has 0 bridgehead atoms. The van der Waals surface area contributed by atoms with Gasteiger partial charge in [0.1, 0.15) is 4.99 Å². The fraction of sp³-hybridized carbons (Fsp3) is 0.333. The lowest BCUT2D eigenvalue weighted by Gasteiger charge is -2.29. The molecule has 0 radical (unpaired) electrons. The first-order valence-electron chi connectivity index (χ1n) is 8.91. The third kappa shape index (κ3) is 4.63. The number of nitrogens with zero attached hydrogens (tertiary/aromatic N) is 1. The molecular weight excluding hydrogens is 399 g/mol. The molecule has 0 spiro atoms. The van der Waals surface area contributed by atoms with E-state index in [0.717, 1.165) is 29.5 Å². The Bertz CT molecular complexity index is 873. The summed E-state index contributed by atoms with van der Waals surface area (Å²) in [6.45, 7) is 5.76. The summed E-state index contributed by atoms with van der Waals surface area (Å²) in [6, 6.07) is 14.8. The summed E-state index contributed by atoms with van der Waals surface area (Å²) in [6.07, 6.45) is 0.778. The fourth-order valence-electron chi connectivity index (χ4n) is 3.41. The van der Waals surface area contributed by atoms with Crippen molar-refractivity contribution in [3.63, 3.8) is 0 Å². The van der Waals surface area contributed by atoms with E-state index < -0.39 is 5.54 Å². The lowest BCUT2D eigenvalue weighted by Crippen LogP contribution is -2.51. The van der Waals surface area contributed by atoms with Gasteiger partial charge in [-0.2, -0.15) is 0 Å². The van der Waals surface area contributed by atoms with Crippen LogP contribution in [0.1, 0.15) is 42.1 Å². The van der Waals surface area contributed by atoms with E-state index in [1.165, 1.54) is 5.56 Å². The molecule has 6 heteroatoms. The minimum absolute atomic E-state index is 0.160. The van der Waals surface area contributed by atoms with Crippen LogP contribution in [0, 0.1) is 0 Å². The van der Waals surface area contributed by atoms with Crippen molar-refractivity contribution in [1.82, 2.24) is 10.2 Å². The molecule has 1 aliphatic heterocycles. The molecule has 2 unspecified atom stereocenters. The number of carbonyl (C=O) groups excluding carboxylic acids is 1. The number of carbonyl (C=O) groups is 1. The van der Waals surface area contributed by atoms with Gasteiger partial charge in [0, 0.05) is 28.7 Å². The summed E-state index contributed by atoms with van der Waals surface area (Å²) in [7, 11) is 0. The number of hydrogen-bond acceptors (Lipinski definition) is 2. The van der Waals surface area contributed by atoms with Gasteiger partial charge in [-0.3, -0.25) is 4.79 Å². The zero-order valence-electron chi connectivity index (χ0n) is 15.3. The first-order valence-corrected chi connectivity index (χ1v) is 10.1. The number of likely N-dealkylation sites (tertiary alicyclic amines) is 1. The predicted octanol–water partition coefficient (Wildman–Crippen LogP) is 5.32. The van der Waals surface area contributed by atoms with Gasteiger partial charge in [-0.15, -0.1) is 0 Å². The van der Waals surface area contributed by atoms with Gasteiger partial charge in [0.05, 0.1) is 5.54 Å². The summed E-state index contributed by atoms with van der Waals surface area (Å²) in [5.41, 5.74) is 1.18. The highest BCUT2D eigenvalue weighted by Gasteiger charge is 2.40. The van der Waals surface area contributed by atoms with Crippen LogP contribution in [0.3, 0.4) is 0 Å². The molecule has 142 valence electrons. The van der Waals surface area contributed by atoms with Crippen molar-refractivity contribution in [3.05, 3.63) is 69.7 Å². The molecule has 1 amide bonds. The second-order valence-electron chi connectivity index (χ2n) is 7.25. The molecule has 2 aromatic rings. The van der Waals surface area contributed by atoms with E-state index in [2.05, 4.69) is 23.2 Å². The van der Waals surface area contributed by atoms with Gasteiger partial charge < -0.3 is 10.2 Å². The minimum atomic E-state index is -0.539. The molecule has 3 rings (SSSR count). The third-order valence-electron chi connectivity index (χ3n) is 5.03. The Morgan fingerprint density at radius 1 is 1.22 bits per heavy atom. The van der Waals surface area contributed by atoms with Gasteiger partial charge >= 0.3 is 0 Å². The van der Waals surface area contributed by atoms with Crippen LogP contribution in [-0.4, -0.2) is 34.4 Å². The van der Waals surface area contributed by atoms with Crippen LogP contribution < -0.4 is 5.32 Å². The number of halogens is 2. The summed E-state index contributed by atoms with van der Waals surface area (Å²) >= 11 is 17.8. The molecule has 0 aromatic heterocycles. The first kappa shape index (κ1) is 20.1. The molecule has 2 aromatic carbocycles. The van der Waals surface area contributed by atoms with Crippen LogP contribution in [0.15, 0.2) is 48.5 Å². The van der Waals surface area contributed by atoms with Crippen LogP contribution in [0.2, 0.25) is 10.0 Å². The Morgan fingerprint density at radius 3 is 2.56 bits per heavy atom. The average Bonchev–Trinajstić information content (AvgIpc) is 2.90. The van der Waals surface area contributed by atoms with E-state index in [1.807, 2.05) is 25.1 Å². The molecule has 1 saturated heterocycles. The maximum absolute atomic E-state index is 12.6. The van der Waals surface area contributed by atoms with Gasteiger partial charge in [0.25, 0.3) is 5.91 Å². The number of amides is 1. The van der Waals surface area contributed by atoms with E-state index >= 15 is 0 Å². The number of thiocarbonyl (C=S) groups is 1. The lowest BCUT2D eigenvalue weighted by molar-refractivity contribution is 0.0928. The van der Waals surface area contributed by atoms with E-state index in [4.69, 9.17) is 35.4 Å². The summed E-state index contributed by atoms with van der Waals surface area (Å²) < 4.78 is 0. The minimum Gasteiger partial charge on any atom is -0.364 e. The highest BCUT2D eigenvalue weighted by Crippen LogP contribution is 2.28.